The SMILES string of the molecule is C=CC(C)c1cccc(C(=C2CCC2)c2ccccc2)c1.CCCC.CCCCSC(=S)N1CCCC1C(C)=O. The minimum atomic E-state index is 0.0617. The highest BCUT2D eigenvalue weighted by Gasteiger charge is 2.29. The molecular formula is C36H51NOS2. The molecule has 0 N–H and O–H groups in total. The average molecular weight is 578 g/mol. The van der Waals surface area contributed by atoms with E-state index in [1.54, 1.807) is 24.3 Å². The first kappa shape index (κ1) is 34.0. The van der Waals surface area contributed by atoms with Crippen molar-refractivity contribution in [3.05, 3.63) is 89.5 Å². The minimum absolute atomic E-state index is 0.0617. The lowest BCUT2D eigenvalue weighted by Crippen LogP contribution is -2.37. The summed E-state index contributed by atoms with van der Waals surface area (Å²) in [6.07, 6.45) is 12.9. The second-order valence-corrected chi connectivity index (χ2v) is 12.5. The molecule has 0 spiro atoms. The normalized spacial score (nSPS) is 16.5. The molecule has 0 radical (unpaired) electrons. The van der Waals surface area contributed by atoms with Gasteiger partial charge in [0.2, 0.25) is 0 Å². The summed E-state index contributed by atoms with van der Waals surface area (Å²) in [6.45, 7) is 15.3. The van der Waals surface area contributed by atoms with Crippen LogP contribution >= 0.6 is 24.0 Å². The predicted octanol–water partition coefficient (Wildman–Crippen LogP) is 10.6. The number of ketones is 1. The highest BCUT2D eigenvalue weighted by atomic mass is 32.2. The lowest BCUT2D eigenvalue weighted by molar-refractivity contribution is -0.120. The van der Waals surface area contributed by atoms with Crippen LogP contribution in [0.25, 0.3) is 5.57 Å². The van der Waals surface area contributed by atoms with Crippen LogP contribution in [0.4, 0.5) is 0 Å². The number of unbranched alkanes of at least 4 members (excludes halogenated alkanes) is 2. The van der Waals surface area contributed by atoms with Crippen LogP contribution in [0.3, 0.4) is 0 Å². The molecule has 1 aliphatic heterocycles. The number of likely N-dealkylation sites (tertiary alicyclic amines) is 1. The molecule has 0 bridgehead atoms. The van der Waals surface area contributed by atoms with E-state index < -0.39 is 0 Å². The molecule has 2 fully saturated rings. The smallest absolute Gasteiger partial charge is 0.152 e. The van der Waals surface area contributed by atoms with Gasteiger partial charge < -0.3 is 4.90 Å². The third kappa shape index (κ3) is 10.7. The summed E-state index contributed by atoms with van der Waals surface area (Å²) in [7, 11) is 0. The lowest BCUT2D eigenvalue weighted by atomic mass is 9.81. The van der Waals surface area contributed by atoms with E-state index in [0.29, 0.717) is 5.92 Å². The molecule has 1 heterocycles. The van der Waals surface area contributed by atoms with Gasteiger partial charge in [-0.3, -0.25) is 4.79 Å². The van der Waals surface area contributed by atoms with Crippen LogP contribution in [0.1, 0.15) is 115 Å². The number of hydrogen-bond donors (Lipinski definition) is 0. The number of nitrogens with zero attached hydrogens (tertiary/aromatic N) is 1. The molecule has 4 rings (SSSR count). The summed E-state index contributed by atoms with van der Waals surface area (Å²) < 4.78 is 0.918. The zero-order valence-electron chi connectivity index (χ0n) is 25.6. The van der Waals surface area contributed by atoms with E-state index in [-0.39, 0.29) is 11.8 Å². The number of carbonyl (C=O) groups is 1. The Kier molecular flexibility index (Phi) is 16.2. The molecule has 4 heteroatoms. The fourth-order valence-corrected chi connectivity index (χ4v) is 6.15. The van der Waals surface area contributed by atoms with Gasteiger partial charge in [0.15, 0.2) is 5.78 Å². The van der Waals surface area contributed by atoms with Crippen LogP contribution < -0.4 is 0 Å². The van der Waals surface area contributed by atoms with Gasteiger partial charge in [-0.2, -0.15) is 0 Å². The van der Waals surface area contributed by atoms with E-state index >= 15 is 0 Å². The van der Waals surface area contributed by atoms with Gasteiger partial charge in [-0.25, -0.2) is 0 Å². The summed E-state index contributed by atoms with van der Waals surface area (Å²) in [5.41, 5.74) is 7.08. The first-order valence-electron chi connectivity index (χ1n) is 15.3. The van der Waals surface area contributed by atoms with Crippen LogP contribution in [-0.4, -0.2) is 33.3 Å². The van der Waals surface area contributed by atoms with Gasteiger partial charge in [0, 0.05) is 12.3 Å². The Balaban J connectivity index is 0.000000259. The van der Waals surface area contributed by atoms with Gasteiger partial charge in [-0.05, 0) is 73.6 Å². The molecule has 1 saturated carbocycles. The molecule has 2 nitrogen and oxygen atoms in total. The molecule has 2 aliphatic rings. The monoisotopic (exact) mass is 577 g/mol. The zero-order chi connectivity index (χ0) is 29.3. The van der Waals surface area contributed by atoms with Crippen molar-refractivity contribution in [1.29, 1.82) is 0 Å². The molecule has 0 amide bonds. The standard InChI is InChI=1S/C21H22.C11H19NOS2.C4H10/c1-3-16(2)19-13-8-14-20(15-19)21(18-11-7-12-18)17-9-5-4-6-10-17;1-3-4-8-15-11(14)12-7-5-6-10(12)9(2)13;1-3-4-2/h3-6,8-10,13-16H,1,7,11-12H2,2H3;10H,3-8H2,1-2H3;3-4H2,1-2H3. The van der Waals surface area contributed by atoms with E-state index in [0.717, 1.165) is 29.5 Å². The van der Waals surface area contributed by atoms with E-state index in [9.17, 15) is 4.79 Å². The first-order chi connectivity index (χ1) is 19.4. The Bertz CT molecular complexity index is 1080. The van der Waals surface area contributed by atoms with E-state index in [1.165, 1.54) is 67.2 Å². The summed E-state index contributed by atoms with van der Waals surface area (Å²) in [4.78, 5) is 13.5. The van der Waals surface area contributed by atoms with Gasteiger partial charge in [0.05, 0.1) is 6.04 Å². The number of thiocarbonyl (C=S) groups is 1. The fourth-order valence-electron chi connectivity index (χ4n) is 4.69. The Hall–Kier alpha value is -2.17. The van der Waals surface area contributed by atoms with Crippen LogP contribution in [0.15, 0.2) is 72.8 Å². The first-order valence-corrected chi connectivity index (χ1v) is 16.7. The lowest BCUT2D eigenvalue weighted by Gasteiger charge is -2.24. The molecule has 40 heavy (non-hydrogen) atoms. The molecule has 1 aliphatic carbocycles. The number of carbonyl (C=O) groups excluding carboxylic acids is 1. The Morgan fingerprint density at radius 2 is 1.70 bits per heavy atom. The van der Waals surface area contributed by atoms with E-state index in [2.05, 4.69) is 93.8 Å². The minimum Gasteiger partial charge on any atom is -0.347 e. The number of Topliss-reactive ketones (excluding diaryl/α,β-unsaturated/α-hetero) is 1. The van der Waals surface area contributed by atoms with Crippen LogP contribution in [0.2, 0.25) is 0 Å². The van der Waals surface area contributed by atoms with Crippen molar-refractivity contribution in [2.24, 2.45) is 0 Å². The molecule has 2 atom stereocenters. The highest BCUT2D eigenvalue weighted by molar-refractivity contribution is 8.22. The quantitative estimate of drug-likeness (QED) is 0.168. The Morgan fingerprint density at radius 1 is 1.02 bits per heavy atom. The summed E-state index contributed by atoms with van der Waals surface area (Å²) in [5, 5.41) is 0. The summed E-state index contributed by atoms with van der Waals surface area (Å²) in [6, 6.07) is 19.8. The van der Waals surface area contributed by atoms with Crippen molar-refractivity contribution in [2.75, 3.05) is 12.3 Å². The fraction of sp³-hybridized carbons (Fsp3) is 0.500. The molecule has 2 aromatic rings. The van der Waals surface area contributed by atoms with Crippen molar-refractivity contribution in [3.63, 3.8) is 0 Å². The Labute approximate surface area is 254 Å². The van der Waals surface area contributed by atoms with Gasteiger partial charge in [0.25, 0.3) is 0 Å². The summed E-state index contributed by atoms with van der Waals surface area (Å²) >= 11 is 7.08. The van der Waals surface area contributed by atoms with Gasteiger partial charge in [0.1, 0.15) is 4.32 Å². The molecule has 1 saturated heterocycles. The number of thioether (sulfide) groups is 1. The van der Waals surface area contributed by atoms with Crippen LogP contribution in [-0.2, 0) is 4.79 Å². The average Bonchev–Trinajstić information content (AvgIpc) is 3.46. The van der Waals surface area contributed by atoms with Gasteiger partial charge >= 0.3 is 0 Å². The predicted molar refractivity (Wildman–Crippen MR) is 182 cm³/mol. The number of benzene rings is 2. The third-order valence-electron chi connectivity index (χ3n) is 7.61. The van der Waals surface area contributed by atoms with Crippen molar-refractivity contribution in [3.8, 4) is 0 Å². The second kappa shape index (κ2) is 19.0. The van der Waals surface area contributed by atoms with Crippen molar-refractivity contribution < 1.29 is 4.79 Å². The van der Waals surface area contributed by atoms with Crippen LogP contribution in [0, 0.1) is 0 Å². The zero-order valence-corrected chi connectivity index (χ0v) is 27.2. The molecule has 2 aromatic carbocycles. The largest absolute Gasteiger partial charge is 0.347 e. The molecule has 218 valence electrons. The molecular weight excluding hydrogens is 527 g/mol. The number of rotatable bonds is 9. The van der Waals surface area contributed by atoms with Crippen molar-refractivity contribution >= 4 is 39.7 Å². The maximum Gasteiger partial charge on any atom is 0.152 e. The second-order valence-electron chi connectivity index (χ2n) is 10.8. The van der Waals surface area contributed by atoms with Crippen LogP contribution in [0.5, 0.6) is 0 Å². The van der Waals surface area contributed by atoms with Crippen molar-refractivity contribution in [2.45, 2.75) is 104 Å². The Morgan fingerprint density at radius 3 is 2.25 bits per heavy atom. The van der Waals surface area contributed by atoms with E-state index in [1.807, 2.05) is 6.08 Å². The van der Waals surface area contributed by atoms with Gasteiger partial charge in [-0.1, -0.05) is 137 Å². The maximum atomic E-state index is 11.4. The number of allylic oxidation sites excluding steroid dienone is 2. The molecule has 2 unspecified atom stereocenters. The van der Waals surface area contributed by atoms with Gasteiger partial charge in [-0.15, -0.1) is 6.58 Å². The third-order valence-corrected chi connectivity index (χ3v) is 9.17. The number of hydrogen-bond acceptors (Lipinski definition) is 3. The topological polar surface area (TPSA) is 20.3 Å². The highest BCUT2D eigenvalue weighted by Crippen LogP contribution is 2.38. The van der Waals surface area contributed by atoms with E-state index in [4.69, 9.17) is 12.2 Å². The molecule has 0 aromatic heterocycles. The van der Waals surface area contributed by atoms with Crippen molar-refractivity contribution in [1.82, 2.24) is 4.90 Å². The maximum absolute atomic E-state index is 11.4. The summed E-state index contributed by atoms with van der Waals surface area (Å²) in [5.74, 6) is 1.73.